The van der Waals surface area contributed by atoms with E-state index < -0.39 is 0 Å². The second-order valence-electron chi connectivity index (χ2n) is 5.34. The first-order chi connectivity index (χ1) is 9.74. The molecule has 1 fully saturated rings. The minimum absolute atomic E-state index is 0.578. The summed E-state index contributed by atoms with van der Waals surface area (Å²) in [4.78, 5) is 0. The highest BCUT2D eigenvalue weighted by Crippen LogP contribution is 2.28. The lowest BCUT2D eigenvalue weighted by molar-refractivity contribution is 0.484. The van der Waals surface area contributed by atoms with Gasteiger partial charge in [0.05, 0.1) is 5.69 Å². The molecule has 2 rings (SSSR count). The average Bonchev–Trinajstić information content (AvgIpc) is 2.84. The Morgan fingerprint density at radius 1 is 1.45 bits per heavy atom. The lowest BCUT2D eigenvalue weighted by Gasteiger charge is -2.30. The van der Waals surface area contributed by atoms with Gasteiger partial charge in [-0.25, -0.2) is 0 Å². The van der Waals surface area contributed by atoms with Crippen molar-refractivity contribution in [3.8, 4) is 0 Å². The van der Waals surface area contributed by atoms with E-state index in [4.69, 9.17) is 0 Å². The van der Waals surface area contributed by atoms with E-state index in [1.165, 1.54) is 29.4 Å². The lowest BCUT2D eigenvalue weighted by atomic mass is 10.1. The van der Waals surface area contributed by atoms with Gasteiger partial charge in [0.2, 0.25) is 0 Å². The number of nitrogens with zero attached hydrogens (tertiary/aromatic N) is 2. The first kappa shape index (κ1) is 16.2. The van der Waals surface area contributed by atoms with Crippen molar-refractivity contribution < 1.29 is 0 Å². The largest absolute Gasteiger partial charge is 0.312 e. The zero-order chi connectivity index (χ0) is 14.4. The molecule has 1 aromatic heterocycles. The molecule has 1 aliphatic heterocycles. The van der Waals surface area contributed by atoms with Crippen LogP contribution in [0.5, 0.6) is 0 Å². The summed E-state index contributed by atoms with van der Waals surface area (Å²) in [6, 6.07) is 2.83. The van der Waals surface area contributed by atoms with Crippen molar-refractivity contribution in [2.24, 2.45) is 0 Å². The number of hydrogen-bond donors (Lipinski definition) is 1. The highest BCUT2D eigenvalue weighted by atomic mass is 32.2. The number of nitrogens with one attached hydrogen (secondary N) is 1. The molecule has 1 aromatic rings. The first-order valence-corrected chi connectivity index (χ1v) is 9.91. The van der Waals surface area contributed by atoms with Gasteiger partial charge in [0, 0.05) is 47.2 Å². The molecule has 0 amide bonds. The third-order valence-electron chi connectivity index (χ3n) is 3.66. The molecule has 1 aliphatic rings. The second kappa shape index (κ2) is 8.35. The van der Waals surface area contributed by atoms with E-state index in [1.54, 1.807) is 0 Å². The molecule has 2 atom stereocenters. The van der Waals surface area contributed by atoms with Gasteiger partial charge in [-0.05, 0) is 32.9 Å². The van der Waals surface area contributed by atoms with Gasteiger partial charge in [-0.1, -0.05) is 6.92 Å². The Morgan fingerprint density at radius 3 is 2.95 bits per heavy atom. The fourth-order valence-electron chi connectivity index (χ4n) is 2.67. The topological polar surface area (TPSA) is 29.9 Å². The molecule has 114 valence electrons. The van der Waals surface area contributed by atoms with Crippen LogP contribution < -0.4 is 5.32 Å². The van der Waals surface area contributed by atoms with E-state index in [9.17, 15) is 0 Å². The molecular weight excluding hydrogens is 286 g/mol. The van der Waals surface area contributed by atoms with Gasteiger partial charge in [0.1, 0.15) is 0 Å². The number of aromatic nitrogens is 2. The summed E-state index contributed by atoms with van der Waals surface area (Å²) in [6.07, 6.45) is 2.31. The van der Waals surface area contributed by atoms with Crippen LogP contribution in [0.2, 0.25) is 0 Å². The molecule has 0 aliphatic carbocycles. The minimum Gasteiger partial charge on any atom is -0.312 e. The predicted molar refractivity (Wildman–Crippen MR) is 92.0 cm³/mol. The average molecular weight is 314 g/mol. The molecule has 0 bridgehead atoms. The van der Waals surface area contributed by atoms with Gasteiger partial charge in [-0.3, -0.25) is 4.68 Å². The van der Waals surface area contributed by atoms with E-state index in [0.29, 0.717) is 6.04 Å². The Morgan fingerprint density at radius 2 is 2.30 bits per heavy atom. The van der Waals surface area contributed by atoms with Crippen LogP contribution in [0.1, 0.15) is 31.7 Å². The van der Waals surface area contributed by atoms with Gasteiger partial charge in [0.15, 0.2) is 0 Å². The van der Waals surface area contributed by atoms with Crippen molar-refractivity contribution in [2.45, 2.75) is 51.4 Å². The molecule has 20 heavy (non-hydrogen) atoms. The highest BCUT2D eigenvalue weighted by Gasteiger charge is 2.25. The van der Waals surface area contributed by atoms with E-state index in [1.807, 2.05) is 0 Å². The summed E-state index contributed by atoms with van der Waals surface area (Å²) in [6.45, 7) is 8.60. The normalized spacial score (nSPS) is 21.1. The highest BCUT2D eigenvalue weighted by molar-refractivity contribution is 8.06. The van der Waals surface area contributed by atoms with Crippen molar-refractivity contribution >= 4 is 23.5 Å². The standard InChI is InChI=1S/C15H27N3S2/c1-4-6-16-14(15-11-19-7-8-20-15)10-13-9-12(3)17-18(13)5-2/h9,14-16H,4-8,10-11H2,1-3H3. The summed E-state index contributed by atoms with van der Waals surface area (Å²) in [7, 11) is 0. The Balaban J connectivity index is 2.05. The molecule has 0 radical (unpaired) electrons. The van der Waals surface area contributed by atoms with Crippen LogP contribution in [0.25, 0.3) is 0 Å². The quantitative estimate of drug-likeness (QED) is 0.838. The number of aryl methyl sites for hydroxylation is 2. The third kappa shape index (κ3) is 4.43. The fourth-order valence-corrected chi connectivity index (χ4v) is 5.55. The van der Waals surface area contributed by atoms with Crippen LogP contribution in [0, 0.1) is 6.92 Å². The van der Waals surface area contributed by atoms with Crippen molar-refractivity contribution in [1.82, 2.24) is 15.1 Å². The Kier molecular flexibility index (Phi) is 6.78. The van der Waals surface area contributed by atoms with Crippen molar-refractivity contribution in [2.75, 3.05) is 23.8 Å². The molecule has 0 saturated carbocycles. The SMILES string of the molecule is CCCNC(Cc1cc(C)nn1CC)C1CSCCS1. The van der Waals surface area contributed by atoms with Gasteiger partial charge in [-0.15, -0.1) is 0 Å². The zero-order valence-corrected chi connectivity index (χ0v) is 14.5. The maximum atomic E-state index is 4.58. The van der Waals surface area contributed by atoms with Crippen LogP contribution in [0.3, 0.4) is 0 Å². The smallest absolute Gasteiger partial charge is 0.0596 e. The van der Waals surface area contributed by atoms with Crippen molar-refractivity contribution in [3.05, 3.63) is 17.5 Å². The molecule has 0 spiro atoms. The molecule has 1 saturated heterocycles. The maximum absolute atomic E-state index is 4.58. The molecule has 5 heteroatoms. The molecule has 3 nitrogen and oxygen atoms in total. The fraction of sp³-hybridized carbons (Fsp3) is 0.800. The molecule has 2 heterocycles. The third-order valence-corrected chi connectivity index (χ3v) is 6.58. The predicted octanol–water partition coefficient (Wildman–Crippen LogP) is 2.97. The van der Waals surface area contributed by atoms with Crippen molar-refractivity contribution in [3.63, 3.8) is 0 Å². The maximum Gasteiger partial charge on any atom is 0.0596 e. The van der Waals surface area contributed by atoms with E-state index in [0.717, 1.165) is 30.5 Å². The molecule has 1 N–H and O–H groups in total. The van der Waals surface area contributed by atoms with Crippen molar-refractivity contribution in [1.29, 1.82) is 0 Å². The zero-order valence-electron chi connectivity index (χ0n) is 12.9. The summed E-state index contributed by atoms with van der Waals surface area (Å²) < 4.78 is 2.16. The Hall–Kier alpha value is -0.130. The van der Waals surface area contributed by atoms with E-state index >= 15 is 0 Å². The van der Waals surface area contributed by atoms with Crippen LogP contribution in [0.4, 0.5) is 0 Å². The lowest BCUT2D eigenvalue weighted by Crippen LogP contribution is -2.43. The van der Waals surface area contributed by atoms with Gasteiger partial charge in [0.25, 0.3) is 0 Å². The summed E-state index contributed by atoms with van der Waals surface area (Å²) >= 11 is 4.26. The van der Waals surface area contributed by atoms with Crippen LogP contribution in [-0.4, -0.2) is 44.9 Å². The molecule has 2 unspecified atom stereocenters. The van der Waals surface area contributed by atoms with Gasteiger partial charge >= 0.3 is 0 Å². The van der Waals surface area contributed by atoms with E-state index in [-0.39, 0.29) is 0 Å². The minimum atomic E-state index is 0.578. The Bertz CT molecular complexity index is 400. The first-order valence-electron chi connectivity index (χ1n) is 7.70. The Labute approximate surface area is 131 Å². The van der Waals surface area contributed by atoms with Crippen LogP contribution in [0.15, 0.2) is 6.07 Å². The summed E-state index contributed by atoms with van der Waals surface area (Å²) in [5.41, 5.74) is 2.52. The monoisotopic (exact) mass is 313 g/mol. The second-order valence-corrected chi connectivity index (χ2v) is 7.84. The number of hydrogen-bond acceptors (Lipinski definition) is 4. The molecular formula is C15H27N3S2. The van der Waals surface area contributed by atoms with Crippen LogP contribution >= 0.6 is 23.5 Å². The van der Waals surface area contributed by atoms with Crippen LogP contribution in [-0.2, 0) is 13.0 Å². The number of thioether (sulfide) groups is 2. The summed E-state index contributed by atoms with van der Waals surface area (Å²) in [5.74, 6) is 3.89. The number of rotatable bonds is 7. The van der Waals surface area contributed by atoms with E-state index in [2.05, 4.69) is 65.5 Å². The van der Waals surface area contributed by atoms with Gasteiger partial charge < -0.3 is 5.32 Å². The van der Waals surface area contributed by atoms with Gasteiger partial charge in [-0.2, -0.15) is 28.6 Å². The molecule has 0 aromatic carbocycles. The summed E-state index contributed by atoms with van der Waals surface area (Å²) in [5, 5.41) is 9.09.